The number of sulfone groups is 1. The smallest absolute Gasteiger partial charge is 0.277 e. The SMILES string of the molecule is C#CCSc1nnc([C@@H]2CCS(=O)(=O)C2)o1. The van der Waals surface area contributed by atoms with Crippen LogP contribution in [0.5, 0.6) is 0 Å². The van der Waals surface area contributed by atoms with Crippen LogP contribution in [0.2, 0.25) is 0 Å². The van der Waals surface area contributed by atoms with E-state index >= 15 is 0 Å². The summed E-state index contributed by atoms with van der Waals surface area (Å²) >= 11 is 1.27. The van der Waals surface area contributed by atoms with Gasteiger partial charge in [0.05, 0.1) is 23.2 Å². The standard InChI is InChI=1S/C9H10N2O3S2/c1-2-4-15-9-11-10-8(14-9)7-3-5-16(12,13)6-7/h1,7H,3-6H2/t7-/m1/s1. The van der Waals surface area contributed by atoms with Crippen molar-refractivity contribution < 1.29 is 12.8 Å². The summed E-state index contributed by atoms with van der Waals surface area (Å²) in [5.74, 6) is 3.47. The first-order valence-electron chi connectivity index (χ1n) is 4.71. The summed E-state index contributed by atoms with van der Waals surface area (Å²) in [5, 5.41) is 8.05. The largest absolute Gasteiger partial charge is 0.416 e. The highest BCUT2D eigenvalue weighted by atomic mass is 32.2. The molecule has 0 aromatic carbocycles. The fourth-order valence-electron chi connectivity index (χ4n) is 1.54. The van der Waals surface area contributed by atoms with Crippen LogP contribution in [0, 0.1) is 12.3 Å². The molecule has 1 aliphatic heterocycles. The molecule has 16 heavy (non-hydrogen) atoms. The summed E-state index contributed by atoms with van der Waals surface area (Å²) in [6.07, 6.45) is 5.66. The fourth-order valence-corrected chi connectivity index (χ4v) is 3.72. The summed E-state index contributed by atoms with van der Waals surface area (Å²) < 4.78 is 27.9. The molecule has 0 aliphatic carbocycles. The minimum absolute atomic E-state index is 0.106. The molecule has 0 radical (unpaired) electrons. The zero-order valence-electron chi connectivity index (χ0n) is 8.42. The molecule has 0 spiro atoms. The van der Waals surface area contributed by atoms with E-state index in [1.165, 1.54) is 11.8 Å². The maximum atomic E-state index is 11.3. The second-order valence-corrected chi connectivity index (χ2v) is 6.65. The van der Waals surface area contributed by atoms with Crippen LogP contribution in [0.3, 0.4) is 0 Å². The molecule has 1 aromatic rings. The van der Waals surface area contributed by atoms with E-state index in [0.29, 0.717) is 23.3 Å². The number of terminal acetylenes is 1. The van der Waals surface area contributed by atoms with Gasteiger partial charge in [0.15, 0.2) is 9.84 Å². The fraction of sp³-hybridized carbons (Fsp3) is 0.556. The number of hydrogen-bond donors (Lipinski definition) is 0. The Morgan fingerprint density at radius 2 is 2.38 bits per heavy atom. The van der Waals surface area contributed by atoms with Crippen LogP contribution in [0.25, 0.3) is 0 Å². The highest BCUT2D eigenvalue weighted by molar-refractivity contribution is 7.99. The highest BCUT2D eigenvalue weighted by Crippen LogP contribution is 2.29. The Morgan fingerprint density at radius 3 is 3.00 bits per heavy atom. The number of hydrogen-bond acceptors (Lipinski definition) is 6. The second-order valence-electron chi connectivity index (χ2n) is 3.50. The number of nitrogens with zero attached hydrogens (tertiary/aromatic N) is 2. The van der Waals surface area contributed by atoms with E-state index in [0.717, 1.165) is 0 Å². The van der Waals surface area contributed by atoms with Crippen LogP contribution in [0.4, 0.5) is 0 Å². The van der Waals surface area contributed by atoms with Gasteiger partial charge in [0, 0.05) is 0 Å². The van der Waals surface area contributed by atoms with E-state index in [2.05, 4.69) is 16.1 Å². The van der Waals surface area contributed by atoms with Crippen molar-refractivity contribution in [3.63, 3.8) is 0 Å². The van der Waals surface area contributed by atoms with Crippen molar-refractivity contribution in [3.05, 3.63) is 5.89 Å². The molecule has 2 heterocycles. The summed E-state index contributed by atoms with van der Waals surface area (Å²) in [6.45, 7) is 0. The molecular formula is C9H10N2O3S2. The molecule has 1 atom stereocenters. The lowest BCUT2D eigenvalue weighted by Crippen LogP contribution is -2.03. The van der Waals surface area contributed by atoms with Gasteiger partial charge in [0.25, 0.3) is 5.22 Å². The van der Waals surface area contributed by atoms with Gasteiger partial charge in [-0.3, -0.25) is 0 Å². The molecule has 1 aliphatic rings. The van der Waals surface area contributed by atoms with Gasteiger partial charge in [-0.25, -0.2) is 8.42 Å². The third-order valence-corrected chi connectivity index (χ3v) is 4.77. The van der Waals surface area contributed by atoms with Crippen LogP contribution < -0.4 is 0 Å². The van der Waals surface area contributed by atoms with E-state index < -0.39 is 9.84 Å². The van der Waals surface area contributed by atoms with Crippen molar-refractivity contribution in [2.24, 2.45) is 0 Å². The average Bonchev–Trinajstić information content (AvgIpc) is 2.81. The molecule has 0 bridgehead atoms. The monoisotopic (exact) mass is 258 g/mol. The quantitative estimate of drug-likeness (QED) is 0.587. The Hall–Kier alpha value is -1.00. The minimum Gasteiger partial charge on any atom is -0.416 e. The Kier molecular flexibility index (Phi) is 3.21. The minimum atomic E-state index is -2.92. The zero-order chi connectivity index (χ0) is 11.6. The lowest BCUT2D eigenvalue weighted by Gasteiger charge is -1.98. The molecule has 7 heteroatoms. The maximum Gasteiger partial charge on any atom is 0.277 e. The number of rotatable bonds is 3. The molecule has 5 nitrogen and oxygen atoms in total. The lowest BCUT2D eigenvalue weighted by molar-refractivity contribution is 0.393. The first kappa shape index (κ1) is 11.5. The molecule has 1 saturated heterocycles. The van der Waals surface area contributed by atoms with Crippen LogP contribution in [-0.4, -0.2) is 35.9 Å². The topological polar surface area (TPSA) is 73.1 Å². The van der Waals surface area contributed by atoms with Gasteiger partial charge >= 0.3 is 0 Å². The van der Waals surface area contributed by atoms with Crippen LogP contribution in [-0.2, 0) is 9.84 Å². The Morgan fingerprint density at radius 1 is 1.56 bits per heavy atom. The van der Waals surface area contributed by atoms with Crippen molar-refractivity contribution >= 4 is 21.6 Å². The van der Waals surface area contributed by atoms with Crippen molar-refractivity contribution in [1.29, 1.82) is 0 Å². The summed E-state index contributed by atoms with van der Waals surface area (Å²) in [5.41, 5.74) is 0. The molecular weight excluding hydrogens is 248 g/mol. The second kappa shape index (κ2) is 4.47. The van der Waals surface area contributed by atoms with Gasteiger partial charge < -0.3 is 4.42 Å². The third-order valence-electron chi connectivity index (χ3n) is 2.28. The molecule has 2 rings (SSSR count). The van der Waals surface area contributed by atoms with E-state index in [-0.39, 0.29) is 17.4 Å². The first-order valence-corrected chi connectivity index (χ1v) is 7.51. The average molecular weight is 258 g/mol. The molecule has 1 aromatic heterocycles. The molecule has 0 unspecified atom stereocenters. The Balaban J connectivity index is 2.06. The highest BCUT2D eigenvalue weighted by Gasteiger charge is 2.32. The summed E-state index contributed by atoms with van der Waals surface area (Å²) in [4.78, 5) is 0. The predicted molar refractivity (Wildman–Crippen MR) is 59.9 cm³/mol. The van der Waals surface area contributed by atoms with Gasteiger partial charge in [0.1, 0.15) is 0 Å². The van der Waals surface area contributed by atoms with Crippen molar-refractivity contribution in [1.82, 2.24) is 10.2 Å². The van der Waals surface area contributed by atoms with Gasteiger partial charge in [-0.05, 0) is 6.42 Å². The Labute approximate surface area is 97.9 Å². The van der Waals surface area contributed by atoms with Crippen LogP contribution in [0.1, 0.15) is 18.2 Å². The number of thioether (sulfide) groups is 1. The van der Waals surface area contributed by atoms with Gasteiger partial charge in [0.2, 0.25) is 5.89 Å². The molecule has 0 saturated carbocycles. The van der Waals surface area contributed by atoms with E-state index in [4.69, 9.17) is 10.8 Å². The first-order chi connectivity index (χ1) is 7.61. The molecule has 0 amide bonds. The van der Waals surface area contributed by atoms with Crippen molar-refractivity contribution in [3.8, 4) is 12.3 Å². The summed E-state index contributed by atoms with van der Waals surface area (Å²) in [7, 11) is -2.92. The van der Waals surface area contributed by atoms with Crippen molar-refractivity contribution in [2.45, 2.75) is 17.6 Å². The molecule has 86 valence electrons. The zero-order valence-corrected chi connectivity index (χ0v) is 10.1. The predicted octanol–water partition coefficient (Wildman–Crippen LogP) is 0.697. The van der Waals surface area contributed by atoms with Gasteiger partial charge in [-0.15, -0.1) is 16.6 Å². The molecule has 0 N–H and O–H groups in total. The molecule has 1 fully saturated rings. The summed E-state index contributed by atoms with van der Waals surface area (Å²) in [6, 6.07) is 0. The van der Waals surface area contributed by atoms with Crippen LogP contribution in [0.15, 0.2) is 9.64 Å². The number of aromatic nitrogens is 2. The van der Waals surface area contributed by atoms with E-state index in [9.17, 15) is 8.42 Å². The normalized spacial score (nSPS) is 23.1. The Bertz CT molecular complexity index is 515. The maximum absolute atomic E-state index is 11.3. The van der Waals surface area contributed by atoms with Crippen molar-refractivity contribution in [2.75, 3.05) is 17.3 Å². The van der Waals surface area contributed by atoms with E-state index in [1.54, 1.807) is 0 Å². The van der Waals surface area contributed by atoms with Gasteiger partial charge in [-0.2, -0.15) is 0 Å². The van der Waals surface area contributed by atoms with Gasteiger partial charge in [-0.1, -0.05) is 17.7 Å². The third kappa shape index (κ3) is 2.57. The lowest BCUT2D eigenvalue weighted by atomic mass is 10.1. The van der Waals surface area contributed by atoms with Crippen LogP contribution >= 0.6 is 11.8 Å². The van der Waals surface area contributed by atoms with E-state index in [1.807, 2.05) is 0 Å².